The fourth-order valence-corrected chi connectivity index (χ4v) is 3.13. The van der Waals surface area contributed by atoms with Crippen LogP contribution >= 0.6 is 0 Å². The summed E-state index contributed by atoms with van der Waals surface area (Å²) in [6, 6.07) is 76.1. The van der Waals surface area contributed by atoms with Gasteiger partial charge in [-0.2, -0.15) is 146 Å². The summed E-state index contributed by atoms with van der Waals surface area (Å²) >= 11 is 0. The standard InChI is InChI=1S/3C6H6O.4C6H5.9C4H10O.CF3.3CH4O.6Ti/c3*7-6-4-2-1-3-5-6;4*1-2-4-6-5-3-1;3*1-4(2,3)5;3*1-4(2)3-5;3*1-2-3-4-5;2-1(3)4;3*1-2;;;;;;/h3*1-5,7H;4*1-5H;3*5H,1-3H3;3*4-5H,3H2,1-2H3;3*5H,2-4H2,1H3;;3*2H,1H3;;;;;;/q;;;4*-1;;;;;;;;;;-1;;;;;;;;;. The van der Waals surface area contributed by atoms with Crippen molar-refractivity contribution >= 4 is 0 Å². The number of benzene rings is 7. The monoisotopic (exact) mass is 1710 g/mol. The minimum absolute atomic E-state index is 0. The van der Waals surface area contributed by atoms with Crippen molar-refractivity contribution in [1.82, 2.24) is 0 Å². The van der Waals surface area contributed by atoms with E-state index in [0.29, 0.717) is 74.6 Å². The first-order valence-electron chi connectivity index (χ1n) is 32.8. The number of para-hydroxylation sites is 3. The van der Waals surface area contributed by atoms with Gasteiger partial charge in [0, 0.05) is 191 Å². The Morgan fingerprint density at radius 2 is 0.396 bits per heavy atom. The topological polar surface area (TPSA) is 303 Å². The minimum atomic E-state index is -3.08. The summed E-state index contributed by atoms with van der Waals surface area (Å²) in [7, 11) is 3.00. The van der Waals surface area contributed by atoms with Crippen LogP contribution in [-0.2, 0) is 130 Å². The molecule has 0 spiro atoms. The fourth-order valence-electron chi connectivity index (χ4n) is 3.13. The van der Waals surface area contributed by atoms with Gasteiger partial charge in [-0.1, -0.05) is 136 Å². The van der Waals surface area contributed by atoms with E-state index in [2.05, 4.69) is 45.0 Å². The van der Waals surface area contributed by atoms with Crippen molar-refractivity contribution in [2.75, 3.05) is 61.0 Å². The van der Waals surface area contributed by atoms with E-state index >= 15 is 0 Å². The Labute approximate surface area is 732 Å². The van der Waals surface area contributed by atoms with Gasteiger partial charge in [0.05, 0.1) is 16.8 Å². The first kappa shape index (κ1) is 152. The van der Waals surface area contributed by atoms with Gasteiger partial charge in [-0.05, 0) is 136 Å². The molecule has 0 unspecified atom stereocenters. The molecule has 0 fully saturated rings. The van der Waals surface area contributed by atoms with Crippen LogP contribution in [-0.4, -0.2) is 154 Å². The average Bonchev–Trinajstić information content (AvgIpc) is 1.14. The molecule has 7 aromatic carbocycles. The number of phenolic OH excluding ortho intramolecular Hbond substituents is 3. The van der Waals surface area contributed by atoms with Crippen LogP contribution in [0, 0.1) is 48.7 Å². The Bertz CT molecular complexity index is 1840. The number of hydrogen-bond acceptors (Lipinski definition) is 15. The summed E-state index contributed by atoms with van der Waals surface area (Å²) < 4.78 is 28.8. The van der Waals surface area contributed by atoms with E-state index in [1.807, 2.05) is 181 Å². The van der Waals surface area contributed by atoms with Gasteiger partial charge in [-0.3, -0.25) is 0 Å². The maximum absolute atomic E-state index is 9.58. The molecule has 0 atom stereocenters. The number of aliphatic hydroxyl groups excluding tert-OH is 9. The number of hydrogen-bond donors (Lipinski definition) is 15. The summed E-state index contributed by atoms with van der Waals surface area (Å²) in [5.74, 6) is 2.28. The molecule has 15 N–H and O–H groups in total. The third-order valence-corrected chi connectivity index (χ3v) is 7.33. The van der Waals surface area contributed by atoms with E-state index < -0.39 is 23.5 Å². The third kappa shape index (κ3) is 310. The van der Waals surface area contributed by atoms with Crippen molar-refractivity contribution in [2.24, 2.45) is 17.8 Å². The molecular weight excluding hydrogens is 1570 g/mol. The molecule has 0 saturated carbocycles. The van der Waals surface area contributed by atoms with E-state index in [1.165, 1.54) is 0 Å². The zero-order chi connectivity index (χ0) is 80.6. The number of halogens is 3. The molecule has 0 aliphatic heterocycles. The van der Waals surface area contributed by atoms with Gasteiger partial charge in [-0.15, -0.1) is 0 Å². The SMILES string of the molecule is CC(C)(C)O.CC(C)(C)O.CC(C)(C)O.CC(C)CO.CC(C)CO.CC(C)CO.CCCCO.CCCCO.CCCCO.CO.CO.CO.F[C-](F)F.Oc1ccccc1.Oc1ccccc1.Oc1ccccc1.[Ti].[Ti].[Ti].[Ti].[Ti].[Ti].[c-]1ccccc1.[c-]1ccccc1.[c-]1ccccc1.[c-]1ccccc1. The molecule has 0 aromatic heterocycles. The Kier molecular flexibility index (Phi) is 198. The van der Waals surface area contributed by atoms with Gasteiger partial charge in [-0.25, -0.2) is 0 Å². The van der Waals surface area contributed by atoms with E-state index in [-0.39, 0.29) is 130 Å². The first-order valence-corrected chi connectivity index (χ1v) is 32.8. The summed E-state index contributed by atoms with van der Waals surface area (Å²) in [4.78, 5) is 0. The molecule has 0 amide bonds. The van der Waals surface area contributed by atoms with Crippen LogP contribution in [0.5, 0.6) is 17.2 Å². The van der Waals surface area contributed by atoms with Crippen LogP contribution in [0.4, 0.5) is 13.2 Å². The van der Waals surface area contributed by atoms with Gasteiger partial charge in [0.25, 0.3) is 0 Å². The molecule has 0 aliphatic rings. The van der Waals surface area contributed by atoms with Crippen molar-refractivity contribution in [1.29, 1.82) is 0 Å². The molecule has 15 nitrogen and oxygen atoms in total. The Balaban J connectivity index is -0.0000000444. The predicted molar refractivity (Wildman–Crippen MR) is 414 cm³/mol. The molecule has 608 valence electrons. The van der Waals surface area contributed by atoms with E-state index in [0.717, 1.165) is 59.9 Å². The smallest absolute Gasteiger partial charge is 0.154 e. The van der Waals surface area contributed by atoms with Crippen molar-refractivity contribution in [3.63, 3.8) is 0 Å². The zero-order valence-corrected chi connectivity index (χ0v) is 77.1. The first-order chi connectivity index (χ1) is 47.0. The molecule has 7 rings (SSSR count). The maximum atomic E-state index is 9.58. The fraction of sp³-hybridized carbons (Fsp3) is 0.476. The second kappa shape index (κ2) is 138. The van der Waals surface area contributed by atoms with Crippen molar-refractivity contribution in [3.05, 3.63) is 243 Å². The van der Waals surface area contributed by atoms with Crippen LogP contribution in [0.25, 0.3) is 0 Å². The van der Waals surface area contributed by atoms with Crippen LogP contribution in [0.3, 0.4) is 0 Å². The van der Waals surface area contributed by atoms with Crippen LogP contribution in [0.15, 0.2) is 212 Å². The molecule has 24 heteroatoms. The second-order valence-electron chi connectivity index (χ2n) is 23.0. The van der Waals surface area contributed by atoms with Gasteiger partial charge >= 0.3 is 0 Å². The number of phenols is 3. The molecule has 0 saturated heterocycles. The van der Waals surface area contributed by atoms with Gasteiger partial charge in [0.1, 0.15) is 17.2 Å². The Hall–Kier alpha value is -2.46. The summed E-state index contributed by atoms with van der Waals surface area (Å²) in [5, 5.41) is 121. The van der Waals surface area contributed by atoms with E-state index in [1.54, 1.807) is 135 Å². The van der Waals surface area contributed by atoms with Gasteiger partial charge < -0.3 is 89.8 Å². The molecule has 0 heterocycles. The average molecular weight is 1710 g/mol. The van der Waals surface area contributed by atoms with Crippen molar-refractivity contribution < 1.29 is 220 Å². The summed E-state index contributed by atoms with van der Waals surface area (Å²) in [5.41, 5.74) is -1.50. The van der Waals surface area contributed by atoms with Crippen molar-refractivity contribution in [3.8, 4) is 17.2 Å². The van der Waals surface area contributed by atoms with Gasteiger partial charge in [0.2, 0.25) is 0 Å². The molecule has 7 aromatic rings. The third-order valence-electron chi connectivity index (χ3n) is 7.33. The quantitative estimate of drug-likeness (QED) is 0.0472. The molecule has 0 aliphatic carbocycles. The molecule has 0 radical (unpaired) electrons. The predicted octanol–water partition coefficient (Wildman–Crippen LogP) is 16.8. The van der Waals surface area contributed by atoms with Crippen molar-refractivity contribution in [2.45, 2.75) is 180 Å². The minimum Gasteiger partial charge on any atom is -0.508 e. The Morgan fingerprint density at radius 1 is 0.292 bits per heavy atom. The van der Waals surface area contributed by atoms with E-state index in [4.69, 9.17) is 76.6 Å². The zero-order valence-electron chi connectivity index (χ0n) is 67.8. The molecular formula is C82H140F3O15Ti6-5. The Morgan fingerprint density at radius 3 is 0.425 bits per heavy atom. The summed E-state index contributed by atoms with van der Waals surface area (Å²) in [6.45, 7) is 32.5. The molecule has 0 bridgehead atoms. The van der Waals surface area contributed by atoms with Crippen LogP contribution in [0.1, 0.15) is 163 Å². The molecule has 106 heavy (non-hydrogen) atoms. The van der Waals surface area contributed by atoms with Crippen LogP contribution < -0.4 is 0 Å². The second-order valence-corrected chi connectivity index (χ2v) is 23.0. The van der Waals surface area contributed by atoms with Crippen LogP contribution in [0.2, 0.25) is 0 Å². The largest absolute Gasteiger partial charge is 0.508 e. The van der Waals surface area contributed by atoms with E-state index in [9.17, 15) is 13.2 Å². The van der Waals surface area contributed by atoms with Gasteiger partial charge in [0.15, 0.2) is 6.68 Å². The number of rotatable bonds is 9. The number of unbranched alkanes of at least 4 members (excludes halogenated alkanes) is 3. The number of aliphatic hydroxyl groups is 12. The maximum Gasteiger partial charge on any atom is 0.154 e. The number of aromatic hydroxyl groups is 3. The normalized spacial score (nSPS) is 8.26. The summed E-state index contributed by atoms with van der Waals surface area (Å²) in [6.07, 6.45) is 6.11.